The quantitative estimate of drug-likeness (QED) is 0.386. The molecule has 0 bridgehead atoms. The van der Waals surface area contributed by atoms with Crippen LogP contribution in [0.15, 0.2) is 23.0 Å². The molecule has 0 saturated heterocycles. The molecule has 0 spiro atoms. The third-order valence-corrected chi connectivity index (χ3v) is 1.75. The second-order valence-electron chi connectivity index (χ2n) is 2.65. The zero-order valence-corrected chi connectivity index (χ0v) is 8.02. The lowest BCUT2D eigenvalue weighted by molar-refractivity contribution is 0.389. The maximum absolute atomic E-state index is 9.33. The summed E-state index contributed by atoms with van der Waals surface area (Å²) in [5, 5.41) is 9.33. The predicted molar refractivity (Wildman–Crippen MR) is 52.8 cm³/mol. The van der Waals surface area contributed by atoms with Crippen LogP contribution in [0.3, 0.4) is 0 Å². The molecule has 0 aromatic rings. The zero-order chi connectivity index (χ0) is 9.56. The summed E-state index contributed by atoms with van der Waals surface area (Å²) in [5.74, 6) is 2.99. The molecule has 0 atom stereocenters. The van der Waals surface area contributed by atoms with Crippen LogP contribution in [0.25, 0.3) is 0 Å². The van der Waals surface area contributed by atoms with Crippen molar-refractivity contribution in [3.63, 3.8) is 0 Å². The fraction of sp³-hybridized carbons (Fsp3) is 0.455. The molecule has 12 heavy (non-hydrogen) atoms. The topological polar surface area (TPSA) is 20.2 Å². The van der Waals surface area contributed by atoms with E-state index in [0.29, 0.717) is 12.2 Å². The van der Waals surface area contributed by atoms with Gasteiger partial charge >= 0.3 is 0 Å². The van der Waals surface area contributed by atoms with Crippen molar-refractivity contribution in [2.45, 2.75) is 33.6 Å². The molecular formula is C11H16O. The van der Waals surface area contributed by atoms with Gasteiger partial charge in [-0.2, -0.15) is 0 Å². The van der Waals surface area contributed by atoms with E-state index in [9.17, 15) is 5.11 Å². The van der Waals surface area contributed by atoms with Gasteiger partial charge in [-0.25, -0.2) is 0 Å². The van der Waals surface area contributed by atoms with Gasteiger partial charge in [0.15, 0.2) is 0 Å². The van der Waals surface area contributed by atoms with Gasteiger partial charge in [-0.3, -0.25) is 0 Å². The molecule has 0 aliphatic carbocycles. The largest absolute Gasteiger partial charge is 0.512 e. The summed E-state index contributed by atoms with van der Waals surface area (Å²) in [7, 11) is 0. The highest BCUT2D eigenvalue weighted by atomic mass is 16.3. The molecule has 0 aromatic heterocycles. The molecule has 0 fully saturated rings. The highest BCUT2D eigenvalue weighted by Gasteiger charge is 1.95. The minimum absolute atomic E-state index is 0.413. The molecule has 0 aromatic carbocycles. The van der Waals surface area contributed by atoms with Gasteiger partial charge in [0.05, 0.1) is 5.76 Å². The van der Waals surface area contributed by atoms with Crippen LogP contribution in [0.2, 0.25) is 0 Å². The Morgan fingerprint density at radius 1 is 1.42 bits per heavy atom. The molecule has 0 saturated carbocycles. The molecule has 0 aliphatic heterocycles. The Labute approximate surface area is 74.8 Å². The smallest absolute Gasteiger partial charge is 0.0949 e. The Balaban J connectivity index is 4.64. The average molecular weight is 164 g/mol. The summed E-state index contributed by atoms with van der Waals surface area (Å²) in [6.45, 7) is 5.78. The lowest BCUT2D eigenvalue weighted by Crippen LogP contribution is -1.84. The lowest BCUT2D eigenvalue weighted by Gasteiger charge is -1.99. The van der Waals surface area contributed by atoms with Gasteiger partial charge in [-0.1, -0.05) is 19.8 Å². The fourth-order valence-corrected chi connectivity index (χ4v) is 0.869. The lowest BCUT2D eigenvalue weighted by atomic mass is 10.1. The van der Waals surface area contributed by atoms with Crippen LogP contribution >= 0.6 is 0 Å². The molecule has 0 unspecified atom stereocenters. The maximum Gasteiger partial charge on any atom is 0.0949 e. The molecular weight excluding hydrogens is 148 g/mol. The van der Waals surface area contributed by atoms with Crippen molar-refractivity contribution in [1.82, 2.24) is 0 Å². The minimum atomic E-state index is 0.413. The van der Waals surface area contributed by atoms with Gasteiger partial charge < -0.3 is 5.11 Å². The van der Waals surface area contributed by atoms with Crippen LogP contribution in [-0.4, -0.2) is 5.11 Å². The van der Waals surface area contributed by atoms with Gasteiger partial charge in [0.2, 0.25) is 0 Å². The Kier molecular flexibility index (Phi) is 4.96. The predicted octanol–water partition coefficient (Wildman–Crippen LogP) is 3.20. The highest BCUT2D eigenvalue weighted by Crippen LogP contribution is 2.10. The molecule has 1 N–H and O–H groups in total. The number of hydrogen-bond acceptors (Lipinski definition) is 1. The van der Waals surface area contributed by atoms with Crippen molar-refractivity contribution in [3.05, 3.63) is 23.0 Å². The highest BCUT2D eigenvalue weighted by molar-refractivity contribution is 5.33. The molecule has 0 rings (SSSR count). The molecule has 66 valence electrons. The first kappa shape index (κ1) is 10.8. The molecule has 1 nitrogen and oxygen atoms in total. The standard InChI is InChI=1S/C11H16O/c1-5-10(6-2)8-9(4)11(12)7-3/h1,8,12H,6-7H2,2-4H3/b10-8+,11-9+. The second-order valence-corrected chi connectivity index (χ2v) is 2.65. The third kappa shape index (κ3) is 3.30. The van der Waals surface area contributed by atoms with Crippen LogP contribution in [-0.2, 0) is 0 Å². The molecule has 0 aliphatic rings. The third-order valence-electron chi connectivity index (χ3n) is 1.75. The van der Waals surface area contributed by atoms with Gasteiger partial charge in [0, 0.05) is 12.0 Å². The van der Waals surface area contributed by atoms with Crippen LogP contribution in [0, 0.1) is 12.3 Å². The number of terminal acetylenes is 1. The monoisotopic (exact) mass is 164 g/mol. The number of aliphatic hydroxyl groups is 1. The Morgan fingerprint density at radius 2 is 2.00 bits per heavy atom. The van der Waals surface area contributed by atoms with Gasteiger partial charge in [0.25, 0.3) is 0 Å². The van der Waals surface area contributed by atoms with Crippen molar-refractivity contribution in [1.29, 1.82) is 0 Å². The number of allylic oxidation sites excluding steroid dienone is 4. The SMILES string of the molecule is C#C/C(=C\C(C)=C(\O)CC)CC. The van der Waals surface area contributed by atoms with Crippen LogP contribution in [0.1, 0.15) is 33.6 Å². The normalized spacial score (nSPS) is 13.7. The molecule has 1 heteroatoms. The molecule has 0 heterocycles. The van der Waals surface area contributed by atoms with E-state index in [4.69, 9.17) is 6.42 Å². The van der Waals surface area contributed by atoms with Crippen LogP contribution < -0.4 is 0 Å². The van der Waals surface area contributed by atoms with Gasteiger partial charge in [-0.15, -0.1) is 6.42 Å². The van der Waals surface area contributed by atoms with E-state index in [-0.39, 0.29) is 0 Å². The zero-order valence-electron chi connectivity index (χ0n) is 8.02. The summed E-state index contributed by atoms with van der Waals surface area (Å²) >= 11 is 0. The van der Waals surface area contributed by atoms with Crippen molar-refractivity contribution in [3.8, 4) is 12.3 Å². The van der Waals surface area contributed by atoms with Crippen molar-refractivity contribution < 1.29 is 5.11 Å². The van der Waals surface area contributed by atoms with Gasteiger partial charge in [0.1, 0.15) is 0 Å². The van der Waals surface area contributed by atoms with Gasteiger partial charge in [-0.05, 0) is 25.0 Å². The number of rotatable bonds is 3. The first-order valence-electron chi connectivity index (χ1n) is 4.21. The van der Waals surface area contributed by atoms with Crippen LogP contribution in [0.5, 0.6) is 0 Å². The van der Waals surface area contributed by atoms with E-state index in [1.54, 1.807) is 0 Å². The first-order valence-corrected chi connectivity index (χ1v) is 4.21. The average Bonchev–Trinajstić information content (AvgIpc) is 2.12. The van der Waals surface area contributed by atoms with E-state index in [1.807, 2.05) is 26.8 Å². The Morgan fingerprint density at radius 3 is 2.33 bits per heavy atom. The van der Waals surface area contributed by atoms with E-state index in [1.165, 1.54) is 0 Å². The number of hydrogen-bond donors (Lipinski definition) is 1. The first-order chi connectivity index (χ1) is 5.65. The van der Waals surface area contributed by atoms with E-state index >= 15 is 0 Å². The van der Waals surface area contributed by atoms with Crippen molar-refractivity contribution in [2.24, 2.45) is 0 Å². The molecule has 0 radical (unpaired) electrons. The van der Waals surface area contributed by atoms with E-state index in [0.717, 1.165) is 17.6 Å². The Bertz CT molecular complexity index is 238. The summed E-state index contributed by atoms with van der Waals surface area (Å²) < 4.78 is 0. The maximum atomic E-state index is 9.33. The van der Waals surface area contributed by atoms with Crippen molar-refractivity contribution in [2.75, 3.05) is 0 Å². The summed E-state index contributed by atoms with van der Waals surface area (Å²) in [6.07, 6.45) is 8.61. The second kappa shape index (κ2) is 5.49. The summed E-state index contributed by atoms with van der Waals surface area (Å²) in [4.78, 5) is 0. The van der Waals surface area contributed by atoms with Crippen LogP contribution in [0.4, 0.5) is 0 Å². The van der Waals surface area contributed by atoms with Crippen molar-refractivity contribution >= 4 is 0 Å². The Hall–Kier alpha value is -1.16. The number of aliphatic hydroxyl groups excluding tert-OH is 1. The molecule has 0 amide bonds. The summed E-state index contributed by atoms with van der Waals surface area (Å²) in [6, 6.07) is 0. The van der Waals surface area contributed by atoms with E-state index < -0.39 is 0 Å². The van der Waals surface area contributed by atoms with E-state index in [2.05, 4.69) is 5.92 Å². The summed E-state index contributed by atoms with van der Waals surface area (Å²) in [5.41, 5.74) is 1.79. The fourth-order valence-electron chi connectivity index (χ4n) is 0.869. The minimum Gasteiger partial charge on any atom is -0.512 e.